The van der Waals surface area contributed by atoms with Gasteiger partial charge in [-0.3, -0.25) is 0 Å². The molecule has 0 bridgehead atoms. The third kappa shape index (κ3) is 3.11. The topological polar surface area (TPSA) is 67.6 Å². The Hall–Kier alpha value is -3.39. The summed E-state index contributed by atoms with van der Waals surface area (Å²) in [7, 11) is 1.85. The number of hydrogen-bond acceptors (Lipinski definition) is 4. The zero-order valence-corrected chi connectivity index (χ0v) is 12.5. The Labute approximate surface area is 133 Å². The largest absolute Gasteiger partial charge is 0.465 e. The summed E-state index contributed by atoms with van der Waals surface area (Å²) in [6.07, 6.45) is 6.84. The number of nitriles is 1. The lowest BCUT2D eigenvalue weighted by atomic mass is 10.2. The molecule has 0 aliphatic heterocycles. The van der Waals surface area contributed by atoms with Crippen molar-refractivity contribution in [1.82, 2.24) is 14.8 Å². The zero-order valence-electron chi connectivity index (χ0n) is 12.5. The minimum absolute atomic E-state index is 0.435. The van der Waals surface area contributed by atoms with Crippen molar-refractivity contribution in [2.24, 2.45) is 7.05 Å². The highest BCUT2D eigenvalue weighted by atomic mass is 16.3. The highest BCUT2D eigenvalue weighted by molar-refractivity contribution is 5.76. The van der Waals surface area contributed by atoms with E-state index in [9.17, 15) is 5.26 Å². The molecule has 0 spiro atoms. The van der Waals surface area contributed by atoms with Gasteiger partial charge in [-0.2, -0.15) is 5.26 Å². The highest BCUT2D eigenvalue weighted by Gasteiger charge is 2.13. The summed E-state index contributed by atoms with van der Waals surface area (Å²) < 4.78 is 7.02. The van der Waals surface area contributed by atoms with Gasteiger partial charge < -0.3 is 8.98 Å². The first-order valence-electron chi connectivity index (χ1n) is 7.07. The van der Waals surface area contributed by atoms with Gasteiger partial charge in [0.2, 0.25) is 0 Å². The van der Waals surface area contributed by atoms with E-state index < -0.39 is 0 Å². The molecule has 2 aromatic heterocycles. The highest BCUT2D eigenvalue weighted by Crippen LogP contribution is 2.20. The van der Waals surface area contributed by atoms with Crippen molar-refractivity contribution in [3.63, 3.8) is 0 Å². The monoisotopic (exact) mass is 302 g/mol. The molecule has 0 aliphatic carbocycles. The van der Waals surface area contributed by atoms with Crippen LogP contribution in [0, 0.1) is 11.3 Å². The van der Waals surface area contributed by atoms with Crippen LogP contribution in [0.15, 0.2) is 65.3 Å². The molecular weight excluding hydrogens is 288 g/mol. The van der Waals surface area contributed by atoms with Crippen molar-refractivity contribution in [2.75, 3.05) is 0 Å². The second-order valence-electron chi connectivity index (χ2n) is 4.84. The molecule has 2 heterocycles. The van der Waals surface area contributed by atoms with Gasteiger partial charge in [-0.1, -0.05) is 36.4 Å². The average molecular weight is 302 g/mol. The number of hydrogen-bond donors (Lipinski definition) is 0. The predicted molar refractivity (Wildman–Crippen MR) is 87.8 cm³/mol. The van der Waals surface area contributed by atoms with Crippen LogP contribution in [0.5, 0.6) is 0 Å². The van der Waals surface area contributed by atoms with Crippen LogP contribution < -0.4 is 0 Å². The van der Waals surface area contributed by atoms with Crippen molar-refractivity contribution in [1.29, 1.82) is 5.26 Å². The van der Waals surface area contributed by atoms with Gasteiger partial charge in [-0.25, -0.2) is 0 Å². The standard InChI is InChI=1S/C18H14N4O/c1-22-17(14-7-3-2-4-8-14)20-21-18(22)15(13-19)9-5-10-16-11-6-12-23-16/h2-12H,1H3/b10-5+,15-9-. The third-order valence-corrected chi connectivity index (χ3v) is 3.33. The smallest absolute Gasteiger partial charge is 0.174 e. The summed E-state index contributed by atoms with van der Waals surface area (Å²) in [5, 5.41) is 17.7. The van der Waals surface area contributed by atoms with Gasteiger partial charge in [0.1, 0.15) is 11.8 Å². The second-order valence-corrected chi connectivity index (χ2v) is 4.84. The number of benzene rings is 1. The molecule has 0 fully saturated rings. The van der Waals surface area contributed by atoms with Crippen LogP contribution in [-0.2, 0) is 7.05 Å². The Balaban J connectivity index is 1.91. The van der Waals surface area contributed by atoms with Gasteiger partial charge in [0.05, 0.1) is 11.8 Å². The average Bonchev–Trinajstić information content (AvgIpc) is 3.23. The van der Waals surface area contributed by atoms with Crippen LogP contribution in [0.25, 0.3) is 23.0 Å². The molecule has 0 atom stereocenters. The van der Waals surface area contributed by atoms with Gasteiger partial charge in [0.25, 0.3) is 0 Å². The Kier molecular flexibility index (Phi) is 4.16. The van der Waals surface area contributed by atoms with Crippen LogP contribution in [0.2, 0.25) is 0 Å². The molecule has 0 saturated carbocycles. The van der Waals surface area contributed by atoms with Gasteiger partial charge in [-0.05, 0) is 24.3 Å². The van der Waals surface area contributed by atoms with Gasteiger partial charge in [0, 0.05) is 12.6 Å². The maximum Gasteiger partial charge on any atom is 0.174 e. The minimum Gasteiger partial charge on any atom is -0.465 e. The molecule has 0 radical (unpaired) electrons. The molecule has 5 nitrogen and oxygen atoms in total. The van der Waals surface area contributed by atoms with Gasteiger partial charge >= 0.3 is 0 Å². The van der Waals surface area contributed by atoms with Crippen molar-refractivity contribution in [2.45, 2.75) is 0 Å². The summed E-state index contributed by atoms with van der Waals surface area (Å²) in [6, 6.07) is 15.6. The van der Waals surface area contributed by atoms with Gasteiger partial charge in [-0.15, -0.1) is 10.2 Å². The van der Waals surface area contributed by atoms with E-state index in [1.807, 2.05) is 54.1 Å². The Morgan fingerprint density at radius 1 is 1.17 bits per heavy atom. The van der Waals surface area contributed by atoms with E-state index in [1.54, 1.807) is 24.5 Å². The number of rotatable bonds is 4. The second kappa shape index (κ2) is 6.58. The molecule has 3 rings (SSSR count). The van der Waals surface area contributed by atoms with Crippen molar-refractivity contribution in [3.8, 4) is 17.5 Å². The maximum absolute atomic E-state index is 9.38. The number of nitrogens with zero attached hydrogens (tertiary/aromatic N) is 4. The molecule has 0 saturated heterocycles. The quantitative estimate of drug-likeness (QED) is 0.544. The molecule has 0 aliphatic rings. The first-order chi connectivity index (χ1) is 11.3. The van der Waals surface area contributed by atoms with Crippen LogP contribution in [-0.4, -0.2) is 14.8 Å². The lowest BCUT2D eigenvalue weighted by Crippen LogP contribution is -1.98. The van der Waals surface area contributed by atoms with E-state index in [2.05, 4.69) is 16.3 Å². The van der Waals surface area contributed by atoms with Crippen molar-refractivity contribution >= 4 is 11.6 Å². The van der Waals surface area contributed by atoms with Crippen LogP contribution in [0.4, 0.5) is 0 Å². The number of allylic oxidation sites excluding steroid dienone is 3. The number of furan rings is 1. The lowest BCUT2D eigenvalue weighted by molar-refractivity contribution is 0.557. The molecule has 0 N–H and O–H groups in total. The third-order valence-electron chi connectivity index (χ3n) is 3.33. The molecule has 112 valence electrons. The Bertz CT molecular complexity index is 881. The fourth-order valence-corrected chi connectivity index (χ4v) is 2.19. The molecule has 0 unspecified atom stereocenters. The molecule has 1 aromatic carbocycles. The molecule has 3 aromatic rings. The number of aromatic nitrogens is 3. The zero-order chi connectivity index (χ0) is 16.1. The maximum atomic E-state index is 9.38. The minimum atomic E-state index is 0.435. The van der Waals surface area contributed by atoms with Crippen LogP contribution >= 0.6 is 0 Å². The Morgan fingerprint density at radius 3 is 2.70 bits per heavy atom. The van der Waals surface area contributed by atoms with E-state index in [-0.39, 0.29) is 0 Å². The fourth-order valence-electron chi connectivity index (χ4n) is 2.19. The summed E-state index contributed by atoms with van der Waals surface area (Å²) in [6.45, 7) is 0. The van der Waals surface area contributed by atoms with Crippen molar-refractivity contribution < 1.29 is 4.42 Å². The summed E-state index contributed by atoms with van der Waals surface area (Å²) in [4.78, 5) is 0. The van der Waals surface area contributed by atoms with E-state index in [0.29, 0.717) is 11.4 Å². The van der Waals surface area contributed by atoms with Crippen molar-refractivity contribution in [3.05, 3.63) is 72.5 Å². The van der Waals surface area contributed by atoms with Crippen LogP contribution in [0.3, 0.4) is 0 Å². The summed E-state index contributed by atoms with van der Waals surface area (Å²) in [5.41, 5.74) is 1.39. The summed E-state index contributed by atoms with van der Waals surface area (Å²) >= 11 is 0. The van der Waals surface area contributed by atoms with E-state index in [4.69, 9.17) is 4.42 Å². The van der Waals surface area contributed by atoms with E-state index >= 15 is 0 Å². The Morgan fingerprint density at radius 2 is 2.00 bits per heavy atom. The van der Waals surface area contributed by atoms with E-state index in [1.165, 1.54) is 0 Å². The molecule has 5 heteroatoms. The van der Waals surface area contributed by atoms with Gasteiger partial charge in [0.15, 0.2) is 11.6 Å². The molecule has 0 amide bonds. The normalized spacial score (nSPS) is 11.7. The first-order valence-corrected chi connectivity index (χ1v) is 7.07. The predicted octanol–water partition coefficient (Wildman–Crippen LogP) is 3.70. The first kappa shape index (κ1) is 14.5. The summed E-state index contributed by atoms with van der Waals surface area (Å²) in [5.74, 6) is 1.97. The lowest BCUT2D eigenvalue weighted by Gasteiger charge is -2.02. The molecular formula is C18H14N4O. The van der Waals surface area contributed by atoms with E-state index in [0.717, 1.165) is 17.1 Å². The van der Waals surface area contributed by atoms with Crippen LogP contribution in [0.1, 0.15) is 11.6 Å². The molecule has 23 heavy (non-hydrogen) atoms. The SMILES string of the molecule is Cn1c(/C(C#N)=C\C=C\c2ccco2)nnc1-c1ccccc1. The fraction of sp³-hybridized carbons (Fsp3) is 0.0556.